The number of nitrogens with one attached hydrogen (secondary N) is 2. The van der Waals surface area contributed by atoms with Crippen molar-refractivity contribution in [3.63, 3.8) is 0 Å². The van der Waals surface area contributed by atoms with Crippen LogP contribution in [0.15, 0.2) is 96.8 Å². The Morgan fingerprint density at radius 1 is 0.758 bits per heavy atom. The first-order valence-electron chi connectivity index (χ1n) is 9.95. The SMILES string of the molecule is O=C(Nc1ccccc1F)C(=Cc1cnn(-c2ccccc2)c1)C(=O)Nc1ccccc1F. The lowest BCUT2D eigenvalue weighted by molar-refractivity contribution is -0.118. The minimum absolute atomic E-state index is 0.0907. The third kappa shape index (κ3) is 5.19. The van der Waals surface area contributed by atoms with E-state index in [1.54, 1.807) is 23.0 Å². The van der Waals surface area contributed by atoms with E-state index in [1.807, 2.05) is 30.3 Å². The molecular formula is C25H18F2N4O2. The van der Waals surface area contributed by atoms with Crippen LogP contribution in [0.3, 0.4) is 0 Å². The van der Waals surface area contributed by atoms with E-state index in [0.29, 0.717) is 5.56 Å². The van der Waals surface area contributed by atoms with Crippen molar-refractivity contribution < 1.29 is 18.4 Å². The normalized spacial score (nSPS) is 10.4. The van der Waals surface area contributed by atoms with Gasteiger partial charge in [-0.2, -0.15) is 5.10 Å². The smallest absolute Gasteiger partial charge is 0.261 e. The summed E-state index contributed by atoms with van der Waals surface area (Å²) in [7, 11) is 0. The average Bonchev–Trinajstić information content (AvgIpc) is 3.30. The highest BCUT2D eigenvalue weighted by Crippen LogP contribution is 2.19. The van der Waals surface area contributed by atoms with Crippen molar-refractivity contribution >= 4 is 29.3 Å². The Balaban J connectivity index is 1.67. The molecule has 0 bridgehead atoms. The van der Waals surface area contributed by atoms with Crippen LogP contribution in [0.5, 0.6) is 0 Å². The summed E-state index contributed by atoms with van der Waals surface area (Å²) in [5.41, 5.74) is 0.694. The van der Waals surface area contributed by atoms with E-state index in [1.165, 1.54) is 48.7 Å². The van der Waals surface area contributed by atoms with Crippen LogP contribution in [0.25, 0.3) is 11.8 Å². The van der Waals surface area contributed by atoms with E-state index in [9.17, 15) is 18.4 Å². The van der Waals surface area contributed by atoms with Crippen molar-refractivity contribution in [3.05, 3.63) is 114 Å². The molecule has 164 valence electrons. The maximum Gasteiger partial charge on any atom is 0.261 e. The first-order chi connectivity index (χ1) is 16.0. The lowest BCUT2D eigenvalue weighted by atomic mass is 10.1. The van der Waals surface area contributed by atoms with Gasteiger partial charge < -0.3 is 10.6 Å². The van der Waals surface area contributed by atoms with E-state index < -0.39 is 23.4 Å². The fourth-order valence-corrected chi connectivity index (χ4v) is 3.04. The van der Waals surface area contributed by atoms with Gasteiger partial charge in [-0.3, -0.25) is 9.59 Å². The number of amides is 2. The molecule has 8 heteroatoms. The average molecular weight is 444 g/mol. The van der Waals surface area contributed by atoms with Crippen molar-refractivity contribution in [1.29, 1.82) is 0 Å². The molecule has 6 nitrogen and oxygen atoms in total. The second-order valence-corrected chi connectivity index (χ2v) is 6.98. The summed E-state index contributed by atoms with van der Waals surface area (Å²) in [6, 6.07) is 20.4. The van der Waals surface area contributed by atoms with Gasteiger partial charge in [0.1, 0.15) is 17.2 Å². The van der Waals surface area contributed by atoms with E-state index in [0.717, 1.165) is 5.69 Å². The van der Waals surface area contributed by atoms with Crippen LogP contribution in [0.4, 0.5) is 20.2 Å². The highest BCUT2D eigenvalue weighted by molar-refractivity contribution is 6.28. The molecule has 0 saturated carbocycles. The summed E-state index contributed by atoms with van der Waals surface area (Å²) in [6.07, 6.45) is 4.40. The van der Waals surface area contributed by atoms with Gasteiger partial charge in [-0.05, 0) is 42.5 Å². The molecule has 3 aromatic carbocycles. The van der Waals surface area contributed by atoms with Crippen molar-refractivity contribution in [2.75, 3.05) is 10.6 Å². The molecule has 0 unspecified atom stereocenters. The zero-order valence-corrected chi connectivity index (χ0v) is 17.2. The van der Waals surface area contributed by atoms with E-state index >= 15 is 0 Å². The highest BCUT2D eigenvalue weighted by Gasteiger charge is 2.21. The van der Waals surface area contributed by atoms with Crippen LogP contribution in [-0.4, -0.2) is 21.6 Å². The quantitative estimate of drug-likeness (QED) is 0.255. The molecule has 0 atom stereocenters. The molecule has 0 aliphatic heterocycles. The van der Waals surface area contributed by atoms with E-state index in [4.69, 9.17) is 0 Å². The predicted octanol–water partition coefficient (Wildman–Crippen LogP) is 4.81. The monoisotopic (exact) mass is 444 g/mol. The predicted molar refractivity (Wildman–Crippen MR) is 122 cm³/mol. The van der Waals surface area contributed by atoms with Crippen LogP contribution in [0, 0.1) is 11.6 Å². The van der Waals surface area contributed by atoms with Gasteiger partial charge in [-0.25, -0.2) is 13.5 Å². The second-order valence-electron chi connectivity index (χ2n) is 6.98. The van der Waals surface area contributed by atoms with Crippen LogP contribution in [-0.2, 0) is 9.59 Å². The summed E-state index contributed by atoms with van der Waals surface area (Å²) in [4.78, 5) is 25.9. The van der Waals surface area contributed by atoms with Crippen LogP contribution in [0.2, 0.25) is 0 Å². The number of carbonyl (C=O) groups is 2. The molecule has 0 saturated heterocycles. The molecule has 33 heavy (non-hydrogen) atoms. The van der Waals surface area contributed by atoms with Crippen LogP contribution < -0.4 is 10.6 Å². The number of carbonyl (C=O) groups excluding carboxylic acids is 2. The molecule has 0 aliphatic carbocycles. The lowest BCUT2D eigenvalue weighted by Gasteiger charge is -2.11. The third-order valence-corrected chi connectivity index (χ3v) is 4.67. The summed E-state index contributed by atoms with van der Waals surface area (Å²) < 4.78 is 29.6. The molecule has 0 fully saturated rings. The molecule has 0 aliphatic rings. The van der Waals surface area contributed by atoms with Gasteiger partial charge in [-0.1, -0.05) is 42.5 Å². The van der Waals surface area contributed by atoms with Crippen molar-refractivity contribution in [2.24, 2.45) is 0 Å². The number of hydrogen-bond acceptors (Lipinski definition) is 3. The first-order valence-corrected chi connectivity index (χ1v) is 9.95. The standard InChI is InChI=1S/C25H18F2N4O2/c26-20-10-4-6-12-22(20)29-24(32)19(25(33)30-23-13-7-5-11-21(23)27)14-17-15-28-31(16-17)18-8-2-1-3-9-18/h1-16H,(H,29,32)(H,30,33). The maximum atomic E-state index is 14.0. The molecule has 1 heterocycles. The third-order valence-electron chi connectivity index (χ3n) is 4.67. The van der Waals surface area contributed by atoms with Gasteiger partial charge in [0.05, 0.1) is 23.3 Å². The Morgan fingerprint density at radius 3 is 1.82 bits per heavy atom. The summed E-state index contributed by atoms with van der Waals surface area (Å²) in [5, 5.41) is 9.02. The topological polar surface area (TPSA) is 76.0 Å². The molecule has 4 aromatic rings. The minimum Gasteiger partial charge on any atom is -0.319 e. The number of para-hydroxylation sites is 3. The summed E-state index contributed by atoms with van der Waals surface area (Å²) in [6.45, 7) is 0. The zero-order chi connectivity index (χ0) is 23.2. The molecule has 2 amide bonds. The highest BCUT2D eigenvalue weighted by atomic mass is 19.1. The van der Waals surface area contributed by atoms with Gasteiger partial charge in [0.15, 0.2) is 0 Å². The number of rotatable bonds is 6. The molecule has 1 aromatic heterocycles. The van der Waals surface area contributed by atoms with E-state index in [-0.39, 0.29) is 16.9 Å². The Kier molecular flexibility index (Phi) is 6.36. The largest absolute Gasteiger partial charge is 0.319 e. The maximum absolute atomic E-state index is 14.0. The Hall–Kier alpha value is -4.59. The number of nitrogens with zero attached hydrogens (tertiary/aromatic N) is 2. The summed E-state index contributed by atoms with van der Waals surface area (Å²) >= 11 is 0. The molecule has 2 N–H and O–H groups in total. The summed E-state index contributed by atoms with van der Waals surface area (Å²) in [5.74, 6) is -3.03. The Morgan fingerprint density at radius 2 is 1.27 bits per heavy atom. The fraction of sp³-hybridized carbons (Fsp3) is 0. The van der Waals surface area contributed by atoms with Gasteiger partial charge >= 0.3 is 0 Å². The number of halogens is 2. The van der Waals surface area contributed by atoms with Crippen molar-refractivity contribution in [1.82, 2.24) is 9.78 Å². The molecule has 0 spiro atoms. The van der Waals surface area contributed by atoms with E-state index in [2.05, 4.69) is 15.7 Å². The number of hydrogen-bond donors (Lipinski definition) is 2. The second kappa shape index (κ2) is 9.69. The van der Waals surface area contributed by atoms with Crippen LogP contribution >= 0.6 is 0 Å². The molecular weight excluding hydrogens is 426 g/mol. The van der Waals surface area contributed by atoms with Gasteiger partial charge in [0, 0.05) is 11.8 Å². The van der Waals surface area contributed by atoms with Gasteiger partial charge in [0.25, 0.3) is 11.8 Å². The van der Waals surface area contributed by atoms with Crippen molar-refractivity contribution in [2.45, 2.75) is 0 Å². The van der Waals surface area contributed by atoms with Crippen molar-refractivity contribution in [3.8, 4) is 5.69 Å². The van der Waals surface area contributed by atoms with Gasteiger partial charge in [-0.15, -0.1) is 0 Å². The number of aromatic nitrogens is 2. The minimum atomic E-state index is -0.860. The van der Waals surface area contributed by atoms with Crippen LogP contribution in [0.1, 0.15) is 5.56 Å². The zero-order valence-electron chi connectivity index (χ0n) is 17.2. The Bertz CT molecular complexity index is 1270. The molecule has 4 rings (SSSR count). The molecule has 0 radical (unpaired) electrons. The number of benzene rings is 3. The Labute approximate surface area is 188 Å². The van der Waals surface area contributed by atoms with Gasteiger partial charge in [0.2, 0.25) is 0 Å². The fourth-order valence-electron chi connectivity index (χ4n) is 3.04. The number of anilines is 2. The first kappa shape index (κ1) is 21.6. The lowest BCUT2D eigenvalue weighted by Crippen LogP contribution is -2.26.